The molecule has 19 heavy (non-hydrogen) atoms. The first-order valence-electron chi connectivity index (χ1n) is 6.51. The molecule has 100 valence electrons. The minimum absolute atomic E-state index is 0.237. The molecule has 0 radical (unpaired) electrons. The number of benzene rings is 1. The minimum Gasteiger partial charge on any atom is -0.423 e. The Morgan fingerprint density at radius 3 is 3.05 bits per heavy atom. The topological polar surface area (TPSA) is 51.0 Å². The second kappa shape index (κ2) is 5.35. The van der Waals surface area contributed by atoms with Gasteiger partial charge in [-0.1, -0.05) is 32.0 Å². The molecule has 0 spiro atoms. The van der Waals surface area contributed by atoms with E-state index in [0.29, 0.717) is 18.5 Å². The molecule has 1 atom stereocenters. The molecule has 0 saturated carbocycles. The number of hydrogen-bond donors (Lipinski definition) is 1. The van der Waals surface area contributed by atoms with Gasteiger partial charge in [0.1, 0.15) is 0 Å². The highest BCUT2D eigenvalue weighted by atomic mass is 32.2. The summed E-state index contributed by atoms with van der Waals surface area (Å²) in [5.41, 5.74) is 1.31. The van der Waals surface area contributed by atoms with Crippen molar-refractivity contribution in [2.75, 3.05) is 5.75 Å². The van der Waals surface area contributed by atoms with E-state index in [2.05, 4.69) is 53.6 Å². The van der Waals surface area contributed by atoms with E-state index in [9.17, 15) is 0 Å². The number of rotatable bonds is 4. The Bertz CT molecular complexity index is 567. The van der Waals surface area contributed by atoms with E-state index in [0.717, 1.165) is 11.6 Å². The lowest BCUT2D eigenvalue weighted by Crippen LogP contribution is -2.21. The molecule has 2 aromatic rings. The lowest BCUT2D eigenvalue weighted by atomic mass is 10.0. The third kappa shape index (κ3) is 2.67. The Kier molecular flexibility index (Phi) is 3.57. The summed E-state index contributed by atoms with van der Waals surface area (Å²) in [6, 6.07) is 8.85. The first kappa shape index (κ1) is 12.7. The highest BCUT2D eigenvalue weighted by Crippen LogP contribution is 2.42. The third-order valence-corrected chi connectivity index (χ3v) is 4.32. The van der Waals surface area contributed by atoms with Crippen molar-refractivity contribution in [2.45, 2.75) is 37.2 Å². The zero-order valence-electron chi connectivity index (χ0n) is 11.1. The molecule has 0 fully saturated rings. The van der Waals surface area contributed by atoms with Crippen molar-refractivity contribution in [3.63, 3.8) is 0 Å². The lowest BCUT2D eigenvalue weighted by Gasteiger charge is -2.05. The van der Waals surface area contributed by atoms with Gasteiger partial charge < -0.3 is 9.73 Å². The summed E-state index contributed by atoms with van der Waals surface area (Å²) in [6.45, 7) is 4.83. The van der Waals surface area contributed by atoms with Crippen LogP contribution in [-0.4, -0.2) is 22.0 Å². The molecule has 3 rings (SSSR count). The maximum Gasteiger partial charge on any atom is 0.230 e. The van der Waals surface area contributed by atoms with Crippen molar-refractivity contribution in [1.29, 1.82) is 0 Å². The van der Waals surface area contributed by atoms with Gasteiger partial charge in [-0.2, -0.15) is 0 Å². The van der Waals surface area contributed by atoms with Crippen LogP contribution in [0.5, 0.6) is 0 Å². The molecule has 1 N–H and O–H groups in total. The zero-order valence-corrected chi connectivity index (χ0v) is 11.9. The van der Waals surface area contributed by atoms with Crippen molar-refractivity contribution in [3.05, 3.63) is 41.6 Å². The summed E-state index contributed by atoms with van der Waals surface area (Å²) in [6.07, 6.45) is 0. The summed E-state index contributed by atoms with van der Waals surface area (Å²) in [5, 5.41) is 11.6. The molecule has 1 aromatic heterocycles. The number of fused-ring (bicyclic) bond motifs is 1. The molecule has 1 aromatic carbocycles. The monoisotopic (exact) mass is 275 g/mol. The highest BCUT2D eigenvalue weighted by molar-refractivity contribution is 7.99. The van der Waals surface area contributed by atoms with Gasteiger partial charge in [0.05, 0.1) is 12.5 Å². The molecule has 1 aliphatic rings. The van der Waals surface area contributed by atoms with E-state index in [4.69, 9.17) is 4.42 Å². The van der Waals surface area contributed by atoms with E-state index in [-0.39, 0.29) is 5.92 Å². The van der Waals surface area contributed by atoms with Crippen LogP contribution in [0, 0.1) is 0 Å². The normalized spacial score (nSPS) is 17.9. The van der Waals surface area contributed by atoms with Crippen molar-refractivity contribution in [1.82, 2.24) is 15.5 Å². The highest BCUT2D eigenvalue weighted by Gasteiger charge is 2.28. The fourth-order valence-corrected chi connectivity index (χ4v) is 3.36. The second-order valence-electron chi connectivity index (χ2n) is 4.97. The molecule has 1 aliphatic heterocycles. The molecular formula is C14H17N3OS. The Balaban J connectivity index is 1.77. The summed E-state index contributed by atoms with van der Waals surface area (Å²) >= 11 is 1.85. The van der Waals surface area contributed by atoms with Gasteiger partial charge in [-0.25, -0.2) is 0 Å². The molecule has 1 unspecified atom stereocenters. The van der Waals surface area contributed by atoms with E-state index >= 15 is 0 Å². The Morgan fingerprint density at radius 2 is 2.21 bits per heavy atom. The summed E-state index contributed by atoms with van der Waals surface area (Å²) in [4.78, 5) is 1.33. The van der Waals surface area contributed by atoms with Gasteiger partial charge in [0.15, 0.2) is 0 Å². The van der Waals surface area contributed by atoms with Crippen LogP contribution in [0.3, 0.4) is 0 Å². The Labute approximate surface area is 117 Å². The fraction of sp³-hybridized carbons (Fsp3) is 0.429. The molecule has 0 bridgehead atoms. The maximum atomic E-state index is 5.78. The molecular weight excluding hydrogens is 258 g/mol. The lowest BCUT2D eigenvalue weighted by molar-refractivity contribution is 0.415. The number of nitrogens with one attached hydrogen (secondary N) is 1. The summed E-state index contributed by atoms with van der Waals surface area (Å²) in [5.74, 6) is 2.62. The predicted octanol–water partition coefficient (Wildman–Crippen LogP) is 2.81. The van der Waals surface area contributed by atoms with Gasteiger partial charge in [-0.3, -0.25) is 0 Å². The minimum atomic E-state index is 0.237. The average Bonchev–Trinajstić information content (AvgIpc) is 3.02. The summed E-state index contributed by atoms with van der Waals surface area (Å²) < 4.78 is 5.78. The molecule has 4 nitrogen and oxygen atoms in total. The first-order valence-corrected chi connectivity index (χ1v) is 7.50. The van der Waals surface area contributed by atoms with Gasteiger partial charge >= 0.3 is 0 Å². The molecule has 0 saturated heterocycles. The molecule has 0 aliphatic carbocycles. The molecule has 0 amide bonds. The van der Waals surface area contributed by atoms with Crippen LogP contribution in [0.1, 0.15) is 37.1 Å². The van der Waals surface area contributed by atoms with Crippen LogP contribution in [-0.2, 0) is 6.54 Å². The number of hydrogen-bond acceptors (Lipinski definition) is 5. The number of nitrogens with zero attached hydrogens (tertiary/aromatic N) is 2. The molecule has 2 heterocycles. The van der Waals surface area contributed by atoms with Crippen molar-refractivity contribution < 1.29 is 4.42 Å². The van der Waals surface area contributed by atoms with Gasteiger partial charge in [0, 0.05) is 16.7 Å². The Morgan fingerprint density at radius 1 is 1.37 bits per heavy atom. The zero-order chi connectivity index (χ0) is 13.2. The van der Waals surface area contributed by atoms with Crippen molar-refractivity contribution >= 4 is 11.8 Å². The van der Waals surface area contributed by atoms with Crippen molar-refractivity contribution in [3.8, 4) is 0 Å². The van der Waals surface area contributed by atoms with E-state index in [1.165, 1.54) is 10.5 Å². The van der Waals surface area contributed by atoms with Crippen LogP contribution >= 0.6 is 11.8 Å². The van der Waals surface area contributed by atoms with Crippen LogP contribution in [0.2, 0.25) is 0 Å². The maximum absolute atomic E-state index is 5.78. The van der Waals surface area contributed by atoms with Crippen molar-refractivity contribution in [2.24, 2.45) is 0 Å². The van der Waals surface area contributed by atoms with Crippen LogP contribution in [0.25, 0.3) is 0 Å². The number of thioether (sulfide) groups is 1. The van der Waals surface area contributed by atoms with E-state index < -0.39 is 0 Å². The summed E-state index contributed by atoms with van der Waals surface area (Å²) in [7, 11) is 0. The van der Waals surface area contributed by atoms with Crippen LogP contribution < -0.4 is 5.32 Å². The Hall–Kier alpha value is -1.33. The fourth-order valence-electron chi connectivity index (χ4n) is 2.14. The molecule has 5 heteroatoms. The van der Waals surface area contributed by atoms with Gasteiger partial charge in [-0.05, 0) is 11.6 Å². The SMILES string of the molecule is CC(C)NCc1nnc(C2CSc3ccccc32)o1. The third-order valence-electron chi connectivity index (χ3n) is 3.14. The smallest absolute Gasteiger partial charge is 0.230 e. The van der Waals surface area contributed by atoms with Crippen LogP contribution in [0.4, 0.5) is 0 Å². The second-order valence-corrected chi connectivity index (χ2v) is 6.03. The van der Waals surface area contributed by atoms with Crippen LogP contribution in [0.15, 0.2) is 33.6 Å². The van der Waals surface area contributed by atoms with E-state index in [1.54, 1.807) is 0 Å². The average molecular weight is 275 g/mol. The largest absolute Gasteiger partial charge is 0.423 e. The van der Waals surface area contributed by atoms with E-state index in [1.807, 2.05) is 11.8 Å². The van der Waals surface area contributed by atoms with Gasteiger partial charge in [-0.15, -0.1) is 22.0 Å². The first-order chi connectivity index (χ1) is 9.24. The number of aromatic nitrogens is 2. The van der Waals surface area contributed by atoms with Gasteiger partial charge in [0.2, 0.25) is 11.8 Å². The standard InChI is InChI=1S/C14H17N3OS/c1-9(2)15-7-13-16-17-14(18-13)11-8-19-12-6-4-3-5-10(11)12/h3-6,9,11,15H,7-8H2,1-2H3. The predicted molar refractivity (Wildman–Crippen MR) is 75.3 cm³/mol. The van der Waals surface area contributed by atoms with Gasteiger partial charge in [0.25, 0.3) is 0 Å². The quantitative estimate of drug-likeness (QED) is 0.930.